The Bertz CT molecular complexity index is 923. The van der Waals surface area contributed by atoms with Crippen LogP contribution in [0.1, 0.15) is 51.8 Å². The molecule has 0 aliphatic rings. The maximum Gasteiger partial charge on any atom is 0.274 e. The molecular formula is C19H22N4O2. The van der Waals surface area contributed by atoms with Crippen molar-refractivity contribution in [3.63, 3.8) is 0 Å². The molecule has 3 aromatic rings. The van der Waals surface area contributed by atoms with Gasteiger partial charge in [-0.1, -0.05) is 17.7 Å². The fraction of sp³-hybridized carbons (Fsp3) is 0.316. The van der Waals surface area contributed by atoms with Crippen LogP contribution < -0.4 is 5.32 Å². The van der Waals surface area contributed by atoms with E-state index < -0.39 is 0 Å². The van der Waals surface area contributed by atoms with E-state index in [0.29, 0.717) is 17.1 Å². The zero-order chi connectivity index (χ0) is 18.1. The van der Waals surface area contributed by atoms with E-state index in [2.05, 4.69) is 21.6 Å². The summed E-state index contributed by atoms with van der Waals surface area (Å²) in [5.41, 5.74) is 3.99. The summed E-state index contributed by atoms with van der Waals surface area (Å²) in [7, 11) is 0. The van der Waals surface area contributed by atoms with Gasteiger partial charge < -0.3 is 9.73 Å². The van der Waals surface area contributed by atoms with Gasteiger partial charge in [-0.15, -0.1) is 5.10 Å². The Morgan fingerprint density at radius 1 is 1.12 bits per heavy atom. The summed E-state index contributed by atoms with van der Waals surface area (Å²) >= 11 is 0. The molecule has 0 aliphatic carbocycles. The number of carbonyl (C=O) groups excluding carboxylic acids is 1. The summed E-state index contributed by atoms with van der Waals surface area (Å²) in [4.78, 5) is 14.1. The average Bonchev–Trinajstić information content (AvgIpc) is 3.13. The summed E-state index contributed by atoms with van der Waals surface area (Å²) in [6.45, 7) is 9.57. The SMILES string of the molecule is Cc1ccc(-n2nc(C)c(C(=O)NC(C)c3ccc(C)o3)n2)c(C)c1. The highest BCUT2D eigenvalue weighted by atomic mass is 16.3. The third kappa shape index (κ3) is 3.47. The lowest BCUT2D eigenvalue weighted by Gasteiger charge is -2.10. The van der Waals surface area contributed by atoms with Crippen LogP contribution in [-0.2, 0) is 0 Å². The third-order valence-electron chi connectivity index (χ3n) is 4.10. The van der Waals surface area contributed by atoms with Gasteiger partial charge in [0.2, 0.25) is 0 Å². The van der Waals surface area contributed by atoms with E-state index >= 15 is 0 Å². The van der Waals surface area contributed by atoms with Gasteiger partial charge in [-0.25, -0.2) is 0 Å². The van der Waals surface area contributed by atoms with Crippen LogP contribution in [0.5, 0.6) is 0 Å². The number of nitrogens with zero attached hydrogens (tertiary/aromatic N) is 3. The van der Waals surface area contributed by atoms with E-state index in [-0.39, 0.29) is 11.9 Å². The molecule has 1 amide bonds. The molecule has 0 radical (unpaired) electrons. The predicted octanol–water partition coefficient (Wildman–Crippen LogP) is 3.58. The topological polar surface area (TPSA) is 73.0 Å². The Labute approximate surface area is 146 Å². The molecule has 0 spiro atoms. The average molecular weight is 338 g/mol. The quantitative estimate of drug-likeness (QED) is 0.789. The van der Waals surface area contributed by atoms with Gasteiger partial charge in [-0.2, -0.15) is 9.90 Å². The van der Waals surface area contributed by atoms with Crippen LogP contribution in [0.25, 0.3) is 5.69 Å². The van der Waals surface area contributed by atoms with Crippen molar-refractivity contribution in [2.75, 3.05) is 0 Å². The monoisotopic (exact) mass is 338 g/mol. The minimum Gasteiger partial charge on any atom is -0.464 e. The van der Waals surface area contributed by atoms with E-state index in [1.165, 1.54) is 10.4 Å². The zero-order valence-electron chi connectivity index (χ0n) is 15.1. The highest BCUT2D eigenvalue weighted by molar-refractivity contribution is 5.93. The van der Waals surface area contributed by atoms with Crippen LogP contribution >= 0.6 is 0 Å². The largest absolute Gasteiger partial charge is 0.464 e. The summed E-state index contributed by atoms with van der Waals surface area (Å²) in [5, 5.41) is 11.7. The molecule has 0 saturated heterocycles. The van der Waals surface area contributed by atoms with Crippen molar-refractivity contribution in [2.45, 2.75) is 40.7 Å². The first-order valence-corrected chi connectivity index (χ1v) is 8.24. The lowest BCUT2D eigenvalue weighted by atomic mass is 10.1. The first kappa shape index (κ1) is 17.0. The number of nitrogens with one attached hydrogen (secondary N) is 1. The number of hydrogen-bond acceptors (Lipinski definition) is 4. The van der Waals surface area contributed by atoms with Gasteiger partial charge in [0.05, 0.1) is 17.4 Å². The number of aryl methyl sites for hydroxylation is 4. The van der Waals surface area contributed by atoms with Gasteiger partial charge in [0, 0.05) is 0 Å². The Morgan fingerprint density at radius 2 is 1.88 bits per heavy atom. The Balaban J connectivity index is 1.83. The predicted molar refractivity (Wildman–Crippen MR) is 94.9 cm³/mol. The van der Waals surface area contributed by atoms with Crippen molar-refractivity contribution >= 4 is 5.91 Å². The second-order valence-electron chi connectivity index (χ2n) is 6.36. The van der Waals surface area contributed by atoms with Gasteiger partial charge in [-0.05, 0) is 58.4 Å². The molecule has 0 aliphatic heterocycles. The van der Waals surface area contributed by atoms with E-state index in [9.17, 15) is 4.79 Å². The molecule has 2 aromatic heterocycles. The van der Waals surface area contributed by atoms with Crippen molar-refractivity contribution in [3.8, 4) is 5.69 Å². The van der Waals surface area contributed by atoms with Crippen LogP contribution in [0.3, 0.4) is 0 Å². The number of carbonyl (C=O) groups is 1. The standard InChI is InChI=1S/C19H22N4O2/c1-11-6-8-16(12(2)10-11)23-21-15(5)18(22-23)19(24)20-14(4)17-9-7-13(3)25-17/h6-10,14H,1-5H3,(H,20,24). The third-order valence-corrected chi connectivity index (χ3v) is 4.10. The van der Waals surface area contributed by atoms with E-state index in [4.69, 9.17) is 4.42 Å². The van der Waals surface area contributed by atoms with Crippen molar-refractivity contribution < 1.29 is 9.21 Å². The molecule has 0 fully saturated rings. The van der Waals surface area contributed by atoms with Gasteiger partial charge in [0.25, 0.3) is 5.91 Å². The molecule has 130 valence electrons. The molecule has 25 heavy (non-hydrogen) atoms. The number of hydrogen-bond donors (Lipinski definition) is 1. The smallest absolute Gasteiger partial charge is 0.274 e. The van der Waals surface area contributed by atoms with Gasteiger partial charge in [-0.3, -0.25) is 4.79 Å². The summed E-state index contributed by atoms with van der Waals surface area (Å²) in [6.07, 6.45) is 0. The van der Waals surface area contributed by atoms with Crippen molar-refractivity contribution in [1.29, 1.82) is 0 Å². The van der Waals surface area contributed by atoms with Crippen LogP contribution in [0.4, 0.5) is 0 Å². The van der Waals surface area contributed by atoms with E-state index in [1.807, 2.05) is 52.0 Å². The molecular weight excluding hydrogens is 316 g/mol. The van der Waals surface area contributed by atoms with Crippen LogP contribution in [-0.4, -0.2) is 20.9 Å². The lowest BCUT2D eigenvalue weighted by molar-refractivity contribution is 0.0929. The van der Waals surface area contributed by atoms with Gasteiger partial charge in [0.15, 0.2) is 5.69 Å². The summed E-state index contributed by atoms with van der Waals surface area (Å²) < 4.78 is 5.56. The summed E-state index contributed by atoms with van der Waals surface area (Å²) in [6, 6.07) is 9.52. The molecule has 1 aromatic carbocycles. The van der Waals surface area contributed by atoms with Gasteiger partial charge >= 0.3 is 0 Å². The van der Waals surface area contributed by atoms with E-state index in [1.54, 1.807) is 6.92 Å². The maximum absolute atomic E-state index is 12.6. The van der Waals surface area contributed by atoms with Crippen LogP contribution in [0.15, 0.2) is 34.7 Å². The highest BCUT2D eigenvalue weighted by Crippen LogP contribution is 2.18. The Hall–Kier alpha value is -2.89. The minimum atomic E-state index is -0.268. The van der Waals surface area contributed by atoms with Crippen LogP contribution in [0.2, 0.25) is 0 Å². The minimum absolute atomic E-state index is 0.244. The zero-order valence-corrected chi connectivity index (χ0v) is 15.1. The number of amides is 1. The normalized spacial score (nSPS) is 12.2. The van der Waals surface area contributed by atoms with Crippen molar-refractivity contribution in [2.24, 2.45) is 0 Å². The molecule has 1 unspecified atom stereocenters. The Kier molecular flexibility index (Phi) is 4.44. The van der Waals surface area contributed by atoms with E-state index in [0.717, 1.165) is 17.0 Å². The van der Waals surface area contributed by atoms with Gasteiger partial charge in [0.1, 0.15) is 11.5 Å². The second kappa shape index (κ2) is 6.55. The highest BCUT2D eigenvalue weighted by Gasteiger charge is 2.20. The first-order chi connectivity index (χ1) is 11.8. The molecule has 1 N–H and O–H groups in total. The number of rotatable bonds is 4. The number of aromatic nitrogens is 3. The van der Waals surface area contributed by atoms with Crippen molar-refractivity contribution in [3.05, 3.63) is 64.4 Å². The summed E-state index contributed by atoms with van der Waals surface area (Å²) in [5.74, 6) is 1.26. The second-order valence-corrected chi connectivity index (χ2v) is 6.36. The number of furan rings is 1. The lowest BCUT2D eigenvalue weighted by Crippen LogP contribution is -2.27. The van der Waals surface area contributed by atoms with Crippen molar-refractivity contribution in [1.82, 2.24) is 20.3 Å². The molecule has 0 saturated carbocycles. The fourth-order valence-corrected chi connectivity index (χ4v) is 2.75. The molecule has 6 heteroatoms. The molecule has 1 atom stereocenters. The Morgan fingerprint density at radius 3 is 2.52 bits per heavy atom. The van der Waals surface area contributed by atoms with Crippen LogP contribution in [0, 0.1) is 27.7 Å². The fourth-order valence-electron chi connectivity index (χ4n) is 2.75. The first-order valence-electron chi connectivity index (χ1n) is 8.24. The molecule has 2 heterocycles. The maximum atomic E-state index is 12.6. The molecule has 0 bridgehead atoms. The molecule has 6 nitrogen and oxygen atoms in total. The molecule has 3 rings (SSSR count). The number of benzene rings is 1.